The van der Waals surface area contributed by atoms with Gasteiger partial charge in [-0.15, -0.1) is 0 Å². The van der Waals surface area contributed by atoms with E-state index in [1.165, 1.54) is 5.56 Å². The molecule has 0 aliphatic carbocycles. The Morgan fingerprint density at radius 3 is 2.91 bits per heavy atom. The van der Waals surface area contributed by atoms with Crippen molar-refractivity contribution < 1.29 is 9.53 Å². The summed E-state index contributed by atoms with van der Waals surface area (Å²) in [5, 5.41) is 7.20. The minimum absolute atomic E-state index is 0.0554. The van der Waals surface area contributed by atoms with Crippen LogP contribution >= 0.6 is 0 Å². The van der Waals surface area contributed by atoms with Crippen molar-refractivity contribution in [3.05, 3.63) is 47.8 Å². The highest BCUT2D eigenvalue weighted by Crippen LogP contribution is 2.29. The second kappa shape index (κ2) is 6.16. The molecule has 1 aliphatic rings. The lowest BCUT2D eigenvalue weighted by Crippen LogP contribution is -2.23. The number of aromatic nitrogens is 2. The maximum atomic E-state index is 12.3. The van der Waals surface area contributed by atoms with Crippen LogP contribution in [0.2, 0.25) is 0 Å². The molecule has 1 N–H and O–H groups in total. The van der Waals surface area contributed by atoms with Gasteiger partial charge in [-0.05, 0) is 38.3 Å². The Morgan fingerprint density at radius 2 is 2.17 bits per heavy atom. The molecule has 0 spiro atoms. The Bertz CT molecular complexity index is 700. The first-order valence-electron chi connectivity index (χ1n) is 7.98. The molecule has 1 amide bonds. The van der Waals surface area contributed by atoms with E-state index in [0.717, 1.165) is 12.0 Å². The maximum Gasteiger partial charge on any atom is 0.227 e. The van der Waals surface area contributed by atoms with Crippen molar-refractivity contribution in [2.75, 3.05) is 11.9 Å². The van der Waals surface area contributed by atoms with Gasteiger partial charge in [0.15, 0.2) is 0 Å². The third-order valence-corrected chi connectivity index (χ3v) is 4.02. The molecule has 2 heterocycles. The Morgan fingerprint density at radius 1 is 1.39 bits per heavy atom. The molecule has 0 saturated carbocycles. The minimum atomic E-state index is -0.169. The van der Waals surface area contributed by atoms with Crippen LogP contribution in [0.1, 0.15) is 44.4 Å². The smallest absolute Gasteiger partial charge is 0.227 e. The number of benzene rings is 1. The van der Waals surface area contributed by atoms with Gasteiger partial charge in [0.05, 0.1) is 36.6 Å². The van der Waals surface area contributed by atoms with Crippen LogP contribution in [-0.2, 0) is 21.5 Å². The molecule has 1 atom stereocenters. The van der Waals surface area contributed by atoms with Crippen molar-refractivity contribution in [3.63, 3.8) is 0 Å². The molecule has 1 unspecified atom stereocenters. The normalized spacial score (nSPS) is 17.6. The highest BCUT2D eigenvalue weighted by Gasteiger charge is 2.23. The van der Waals surface area contributed by atoms with Gasteiger partial charge in [0.25, 0.3) is 0 Å². The van der Waals surface area contributed by atoms with Gasteiger partial charge in [-0.25, -0.2) is 0 Å². The van der Waals surface area contributed by atoms with Crippen molar-refractivity contribution in [1.29, 1.82) is 0 Å². The molecule has 3 rings (SSSR count). The number of hydrogen-bond acceptors (Lipinski definition) is 3. The molecule has 23 heavy (non-hydrogen) atoms. The van der Waals surface area contributed by atoms with Crippen LogP contribution in [0, 0.1) is 0 Å². The van der Waals surface area contributed by atoms with Crippen LogP contribution in [0.3, 0.4) is 0 Å². The lowest BCUT2D eigenvalue weighted by atomic mass is 9.95. The van der Waals surface area contributed by atoms with Gasteiger partial charge in [0.2, 0.25) is 5.91 Å². The van der Waals surface area contributed by atoms with E-state index < -0.39 is 0 Å². The van der Waals surface area contributed by atoms with E-state index in [1.54, 1.807) is 6.20 Å². The number of rotatable bonds is 3. The Hall–Kier alpha value is -2.14. The van der Waals surface area contributed by atoms with Crippen LogP contribution in [0.15, 0.2) is 36.7 Å². The van der Waals surface area contributed by atoms with Gasteiger partial charge in [-0.3, -0.25) is 9.48 Å². The average molecular weight is 313 g/mol. The summed E-state index contributed by atoms with van der Waals surface area (Å²) in [6.45, 7) is 6.87. The molecule has 2 aromatic rings. The van der Waals surface area contributed by atoms with Gasteiger partial charge in [-0.1, -0.05) is 24.3 Å². The van der Waals surface area contributed by atoms with E-state index in [0.29, 0.717) is 18.7 Å². The summed E-state index contributed by atoms with van der Waals surface area (Å²) in [5.41, 5.74) is 3.01. The Labute approximate surface area is 136 Å². The van der Waals surface area contributed by atoms with Crippen LogP contribution in [0.4, 0.5) is 5.69 Å². The fourth-order valence-electron chi connectivity index (χ4n) is 2.78. The van der Waals surface area contributed by atoms with Gasteiger partial charge < -0.3 is 10.1 Å². The Balaban J connectivity index is 1.65. The van der Waals surface area contributed by atoms with Gasteiger partial charge in [-0.2, -0.15) is 5.10 Å². The van der Waals surface area contributed by atoms with E-state index in [2.05, 4.69) is 37.3 Å². The number of ether oxygens (including phenoxy) is 1. The fraction of sp³-hybridized carbons (Fsp3) is 0.444. The molecular weight excluding hydrogens is 290 g/mol. The second-order valence-corrected chi connectivity index (χ2v) is 6.90. The van der Waals surface area contributed by atoms with E-state index in [-0.39, 0.29) is 17.6 Å². The summed E-state index contributed by atoms with van der Waals surface area (Å²) in [7, 11) is 0. The summed E-state index contributed by atoms with van der Waals surface area (Å²) in [6, 6.07) is 8.17. The first-order valence-corrected chi connectivity index (χ1v) is 7.98. The van der Waals surface area contributed by atoms with Crippen LogP contribution in [-0.4, -0.2) is 22.3 Å². The first-order chi connectivity index (χ1) is 10.9. The lowest BCUT2D eigenvalue weighted by molar-refractivity contribution is -0.119. The van der Waals surface area contributed by atoms with Crippen LogP contribution in [0.5, 0.6) is 0 Å². The quantitative estimate of drug-likeness (QED) is 0.946. The molecule has 5 heteroatoms. The Kier molecular flexibility index (Phi) is 4.22. The molecule has 1 aliphatic heterocycles. The average Bonchev–Trinajstić information content (AvgIpc) is 2.96. The molecule has 0 bridgehead atoms. The molecule has 1 aromatic carbocycles. The van der Waals surface area contributed by atoms with Crippen LogP contribution in [0.25, 0.3) is 0 Å². The zero-order valence-electron chi connectivity index (χ0n) is 13.9. The first kappa shape index (κ1) is 15.7. The number of nitrogens with zero attached hydrogens (tertiary/aromatic N) is 2. The van der Waals surface area contributed by atoms with Crippen LogP contribution < -0.4 is 5.32 Å². The summed E-state index contributed by atoms with van der Waals surface area (Å²) in [6.07, 6.45) is 4.59. The molecule has 5 nitrogen and oxygen atoms in total. The number of hydrogen-bond donors (Lipinski definition) is 1. The number of anilines is 1. The fourth-order valence-corrected chi connectivity index (χ4v) is 2.78. The van der Waals surface area contributed by atoms with Crippen molar-refractivity contribution in [2.24, 2.45) is 0 Å². The van der Waals surface area contributed by atoms with Crippen molar-refractivity contribution >= 4 is 11.6 Å². The SMILES string of the molecule is CC(C)(C)n1cc(NC(=O)CC2OCCc3ccccc32)cn1. The monoisotopic (exact) mass is 313 g/mol. The molecular formula is C18H23N3O2. The standard InChI is InChI=1S/C18H23N3O2/c1-18(2,3)21-12-14(11-19-21)20-17(22)10-16-15-7-5-4-6-13(15)8-9-23-16/h4-7,11-12,16H,8-10H2,1-3H3,(H,20,22). The second-order valence-electron chi connectivity index (χ2n) is 6.90. The van der Waals surface area contributed by atoms with Gasteiger partial charge in [0, 0.05) is 6.20 Å². The van der Waals surface area contributed by atoms with Crippen molar-refractivity contribution in [1.82, 2.24) is 9.78 Å². The molecule has 0 fully saturated rings. The summed E-state index contributed by atoms with van der Waals surface area (Å²) in [5.74, 6) is -0.0554. The van der Waals surface area contributed by atoms with Gasteiger partial charge >= 0.3 is 0 Å². The minimum Gasteiger partial charge on any atom is -0.373 e. The molecule has 122 valence electrons. The third-order valence-electron chi connectivity index (χ3n) is 4.02. The number of fused-ring (bicyclic) bond motifs is 1. The largest absolute Gasteiger partial charge is 0.373 e. The molecule has 0 radical (unpaired) electrons. The lowest BCUT2D eigenvalue weighted by Gasteiger charge is -2.25. The van der Waals surface area contributed by atoms with E-state index in [9.17, 15) is 4.79 Å². The zero-order valence-corrected chi connectivity index (χ0v) is 13.9. The number of amides is 1. The number of nitrogens with one attached hydrogen (secondary N) is 1. The van der Waals surface area contributed by atoms with Crippen molar-refractivity contribution in [3.8, 4) is 0 Å². The number of carbonyl (C=O) groups excluding carboxylic acids is 1. The topological polar surface area (TPSA) is 56.2 Å². The zero-order chi connectivity index (χ0) is 16.4. The summed E-state index contributed by atoms with van der Waals surface area (Å²) < 4.78 is 7.63. The predicted octanol–water partition coefficient (Wildman–Crippen LogP) is 3.28. The highest BCUT2D eigenvalue weighted by atomic mass is 16.5. The highest BCUT2D eigenvalue weighted by molar-refractivity contribution is 5.90. The third kappa shape index (κ3) is 3.62. The van der Waals surface area contributed by atoms with Crippen molar-refractivity contribution in [2.45, 2.75) is 45.3 Å². The number of carbonyl (C=O) groups is 1. The van der Waals surface area contributed by atoms with E-state index in [4.69, 9.17) is 4.74 Å². The predicted molar refractivity (Wildman–Crippen MR) is 89.3 cm³/mol. The summed E-state index contributed by atoms with van der Waals surface area (Å²) >= 11 is 0. The summed E-state index contributed by atoms with van der Waals surface area (Å²) in [4.78, 5) is 12.3. The molecule has 0 saturated heterocycles. The van der Waals surface area contributed by atoms with E-state index >= 15 is 0 Å². The maximum absolute atomic E-state index is 12.3. The van der Waals surface area contributed by atoms with E-state index in [1.807, 2.05) is 29.1 Å². The van der Waals surface area contributed by atoms with Gasteiger partial charge in [0.1, 0.15) is 0 Å². The molecule has 1 aromatic heterocycles.